The summed E-state index contributed by atoms with van der Waals surface area (Å²) in [5.74, 6) is 0.178. The summed E-state index contributed by atoms with van der Waals surface area (Å²) in [6, 6.07) is 12.2. The number of thiophene rings is 1. The van der Waals surface area contributed by atoms with Gasteiger partial charge >= 0.3 is 5.97 Å². The molecule has 0 amide bonds. The SMILES string of the molecule is Cc1cc(Nc2nccc(-c3cccs3)n2)cc(-c2cnc([C@]3(O)CC[C@@H](C(=O)OC(C)(C)C)CC3)s2)c1. The molecule has 5 rings (SSSR count). The van der Waals surface area contributed by atoms with Gasteiger partial charge in [0.05, 0.1) is 21.4 Å². The van der Waals surface area contributed by atoms with Gasteiger partial charge in [-0.15, -0.1) is 22.7 Å². The van der Waals surface area contributed by atoms with Crippen molar-refractivity contribution in [3.05, 3.63) is 64.7 Å². The smallest absolute Gasteiger partial charge is 0.309 e. The highest BCUT2D eigenvalue weighted by molar-refractivity contribution is 7.15. The van der Waals surface area contributed by atoms with E-state index in [0.717, 1.165) is 32.3 Å². The summed E-state index contributed by atoms with van der Waals surface area (Å²) in [5, 5.41) is 17.5. The summed E-state index contributed by atoms with van der Waals surface area (Å²) in [6.45, 7) is 7.68. The first-order valence-electron chi connectivity index (χ1n) is 12.8. The van der Waals surface area contributed by atoms with Gasteiger partial charge in [-0.3, -0.25) is 4.79 Å². The minimum atomic E-state index is -1.03. The van der Waals surface area contributed by atoms with Gasteiger partial charge in [0.15, 0.2) is 0 Å². The molecule has 198 valence electrons. The topological polar surface area (TPSA) is 97.2 Å². The number of hydrogen-bond donors (Lipinski definition) is 2. The van der Waals surface area contributed by atoms with Crippen LogP contribution in [0.1, 0.15) is 57.0 Å². The van der Waals surface area contributed by atoms with Gasteiger partial charge in [-0.25, -0.2) is 15.0 Å². The Balaban J connectivity index is 1.30. The van der Waals surface area contributed by atoms with E-state index in [4.69, 9.17) is 4.74 Å². The molecule has 38 heavy (non-hydrogen) atoms. The highest BCUT2D eigenvalue weighted by Gasteiger charge is 2.40. The third kappa shape index (κ3) is 6.11. The van der Waals surface area contributed by atoms with Gasteiger partial charge in [0, 0.05) is 18.1 Å². The van der Waals surface area contributed by atoms with Gasteiger partial charge in [-0.2, -0.15) is 0 Å². The lowest BCUT2D eigenvalue weighted by atomic mass is 9.79. The molecule has 0 aliphatic heterocycles. The normalized spacial score (nSPS) is 19.8. The van der Waals surface area contributed by atoms with E-state index in [1.807, 2.05) is 57.5 Å². The second kappa shape index (κ2) is 10.6. The molecule has 9 heteroatoms. The minimum absolute atomic E-state index is 0.177. The third-order valence-electron chi connectivity index (χ3n) is 6.50. The molecule has 2 N–H and O–H groups in total. The number of esters is 1. The molecule has 0 saturated heterocycles. The lowest BCUT2D eigenvalue weighted by molar-refractivity contribution is -0.163. The Morgan fingerprint density at radius 1 is 1.13 bits per heavy atom. The van der Waals surface area contributed by atoms with Crippen LogP contribution in [0.15, 0.2) is 54.2 Å². The number of nitrogens with one attached hydrogen (secondary N) is 1. The van der Waals surface area contributed by atoms with E-state index in [9.17, 15) is 9.90 Å². The molecule has 1 aliphatic rings. The summed E-state index contributed by atoms with van der Waals surface area (Å²) in [6.07, 6.45) is 5.73. The Morgan fingerprint density at radius 2 is 1.92 bits per heavy atom. The van der Waals surface area contributed by atoms with Gasteiger partial charge in [0.2, 0.25) is 5.95 Å². The number of thiazole rings is 1. The average molecular weight is 549 g/mol. The average Bonchev–Trinajstić information content (AvgIpc) is 3.56. The Bertz CT molecular complexity index is 1420. The summed E-state index contributed by atoms with van der Waals surface area (Å²) in [4.78, 5) is 28.2. The van der Waals surface area contributed by atoms with Crippen molar-refractivity contribution < 1.29 is 14.6 Å². The highest BCUT2D eigenvalue weighted by atomic mass is 32.1. The molecule has 0 unspecified atom stereocenters. The summed E-state index contributed by atoms with van der Waals surface area (Å²) >= 11 is 3.14. The number of hydrogen-bond acceptors (Lipinski definition) is 9. The van der Waals surface area contributed by atoms with Crippen LogP contribution in [0.25, 0.3) is 21.0 Å². The minimum Gasteiger partial charge on any atom is -0.460 e. The predicted molar refractivity (Wildman–Crippen MR) is 153 cm³/mol. The largest absolute Gasteiger partial charge is 0.460 e. The lowest BCUT2D eigenvalue weighted by Crippen LogP contribution is -2.36. The molecule has 0 spiro atoms. The van der Waals surface area contributed by atoms with Crippen molar-refractivity contribution >= 4 is 40.3 Å². The zero-order valence-corrected chi connectivity index (χ0v) is 23.7. The predicted octanol–water partition coefficient (Wildman–Crippen LogP) is 7.10. The molecule has 3 heterocycles. The van der Waals surface area contributed by atoms with Crippen LogP contribution < -0.4 is 5.32 Å². The quantitative estimate of drug-likeness (QED) is 0.248. The van der Waals surface area contributed by atoms with E-state index >= 15 is 0 Å². The van der Waals surface area contributed by atoms with Gasteiger partial charge in [-0.05, 0) is 94.2 Å². The number of carbonyl (C=O) groups excluding carboxylic acids is 1. The molecule has 1 aliphatic carbocycles. The fourth-order valence-electron chi connectivity index (χ4n) is 4.66. The highest BCUT2D eigenvalue weighted by Crippen LogP contribution is 2.43. The van der Waals surface area contributed by atoms with Crippen molar-refractivity contribution in [3.63, 3.8) is 0 Å². The second-order valence-electron chi connectivity index (χ2n) is 10.8. The maximum atomic E-state index is 12.5. The van der Waals surface area contributed by atoms with Crippen LogP contribution in [0.4, 0.5) is 11.6 Å². The number of nitrogens with zero attached hydrogens (tertiary/aromatic N) is 3. The molecule has 3 aromatic heterocycles. The Morgan fingerprint density at radius 3 is 2.63 bits per heavy atom. The summed E-state index contributed by atoms with van der Waals surface area (Å²) < 4.78 is 5.56. The number of benzene rings is 1. The number of aromatic nitrogens is 3. The molecule has 0 bridgehead atoms. The fourth-order valence-corrected chi connectivity index (χ4v) is 6.40. The number of ether oxygens (including phenoxy) is 1. The maximum Gasteiger partial charge on any atom is 0.309 e. The number of aliphatic hydroxyl groups is 1. The van der Waals surface area contributed by atoms with Crippen LogP contribution in [0, 0.1) is 12.8 Å². The van der Waals surface area contributed by atoms with E-state index in [1.54, 1.807) is 17.5 Å². The molecular formula is C29H32N4O3S2. The van der Waals surface area contributed by atoms with Crippen molar-refractivity contribution in [1.82, 2.24) is 15.0 Å². The third-order valence-corrected chi connectivity index (χ3v) is 8.64. The standard InChI is InChI=1S/C29H32N4O3S2/c1-18-14-20(16-21(15-18)32-27-30-12-9-22(33-27)23-6-5-13-37-23)24-17-31-26(38-24)29(35)10-7-19(8-11-29)25(34)36-28(2,3)4/h5-6,9,12-17,19,35H,7-8,10-11H2,1-4H3,(H,30,32,33)/t19-,29+. The molecule has 0 radical (unpaired) electrons. The first-order chi connectivity index (χ1) is 18.1. The van der Waals surface area contributed by atoms with Crippen molar-refractivity contribution in [2.24, 2.45) is 5.92 Å². The zero-order valence-electron chi connectivity index (χ0n) is 22.0. The monoisotopic (exact) mass is 548 g/mol. The van der Waals surface area contributed by atoms with E-state index in [0.29, 0.717) is 36.6 Å². The summed E-state index contributed by atoms with van der Waals surface area (Å²) in [7, 11) is 0. The number of carbonyl (C=O) groups is 1. The molecule has 0 atom stereocenters. The Kier molecular flexibility index (Phi) is 7.35. The van der Waals surface area contributed by atoms with Gasteiger partial charge in [0.25, 0.3) is 0 Å². The number of rotatable bonds is 6. The molecule has 1 saturated carbocycles. The lowest BCUT2D eigenvalue weighted by Gasteiger charge is -2.34. The van der Waals surface area contributed by atoms with Crippen molar-refractivity contribution in [2.75, 3.05) is 5.32 Å². The fraction of sp³-hybridized carbons (Fsp3) is 0.379. The van der Waals surface area contributed by atoms with Crippen LogP contribution >= 0.6 is 22.7 Å². The number of aryl methyl sites for hydroxylation is 1. The van der Waals surface area contributed by atoms with Crippen molar-refractivity contribution in [2.45, 2.75) is 64.6 Å². The van der Waals surface area contributed by atoms with Crippen LogP contribution in [0.2, 0.25) is 0 Å². The Hall–Kier alpha value is -3.14. The van der Waals surface area contributed by atoms with E-state index in [1.165, 1.54) is 11.3 Å². The van der Waals surface area contributed by atoms with Crippen LogP contribution in [-0.4, -0.2) is 31.6 Å². The van der Waals surface area contributed by atoms with Gasteiger partial charge in [0.1, 0.15) is 16.2 Å². The zero-order chi connectivity index (χ0) is 26.9. The van der Waals surface area contributed by atoms with Crippen LogP contribution in [0.5, 0.6) is 0 Å². The van der Waals surface area contributed by atoms with Gasteiger partial charge in [-0.1, -0.05) is 12.1 Å². The van der Waals surface area contributed by atoms with E-state index in [-0.39, 0.29) is 11.9 Å². The molecular weight excluding hydrogens is 516 g/mol. The Labute approximate surface area is 231 Å². The van der Waals surface area contributed by atoms with Crippen LogP contribution in [0.3, 0.4) is 0 Å². The van der Waals surface area contributed by atoms with Crippen LogP contribution in [-0.2, 0) is 15.1 Å². The van der Waals surface area contributed by atoms with Crippen molar-refractivity contribution in [1.29, 1.82) is 0 Å². The van der Waals surface area contributed by atoms with E-state index in [2.05, 4.69) is 38.5 Å². The second-order valence-corrected chi connectivity index (χ2v) is 12.8. The molecule has 1 aromatic carbocycles. The van der Waals surface area contributed by atoms with Gasteiger partial charge < -0.3 is 15.2 Å². The number of anilines is 2. The molecule has 1 fully saturated rings. The molecule has 4 aromatic rings. The first kappa shape index (κ1) is 26.5. The maximum absolute atomic E-state index is 12.5. The first-order valence-corrected chi connectivity index (χ1v) is 14.5. The van der Waals surface area contributed by atoms with E-state index < -0.39 is 11.2 Å². The summed E-state index contributed by atoms with van der Waals surface area (Å²) in [5.41, 5.74) is 2.34. The molecule has 7 nitrogen and oxygen atoms in total. The van der Waals surface area contributed by atoms with Crippen molar-refractivity contribution in [3.8, 4) is 21.0 Å².